The molecule has 3 rings (SSSR count). The molecule has 0 saturated heterocycles. The third-order valence-corrected chi connectivity index (χ3v) is 5.53. The highest BCUT2D eigenvalue weighted by Crippen LogP contribution is 2.30. The van der Waals surface area contributed by atoms with Gasteiger partial charge in [-0.2, -0.15) is 0 Å². The van der Waals surface area contributed by atoms with Gasteiger partial charge in [-0.15, -0.1) is 0 Å². The Morgan fingerprint density at radius 1 is 1.17 bits per heavy atom. The zero-order valence-corrected chi connectivity index (χ0v) is 20.8. The van der Waals surface area contributed by atoms with Crippen molar-refractivity contribution in [3.8, 4) is 0 Å². The van der Waals surface area contributed by atoms with Crippen molar-refractivity contribution in [2.45, 2.75) is 58.9 Å². The van der Waals surface area contributed by atoms with Crippen LogP contribution in [0.3, 0.4) is 0 Å². The number of amides is 2. The Morgan fingerprint density at radius 3 is 2.57 bits per heavy atom. The number of carboxylic acid groups (broad SMARTS) is 1. The molecule has 5 N–H and O–H groups in total. The van der Waals surface area contributed by atoms with Gasteiger partial charge in [0.15, 0.2) is 5.82 Å². The zero-order valence-electron chi connectivity index (χ0n) is 20.8. The van der Waals surface area contributed by atoms with Crippen molar-refractivity contribution in [3.63, 3.8) is 0 Å². The number of rotatable bonds is 11. The number of anilines is 1. The molecule has 35 heavy (non-hydrogen) atoms. The summed E-state index contributed by atoms with van der Waals surface area (Å²) in [6, 6.07) is 7.76. The minimum Gasteiger partial charge on any atom is -0.465 e. The number of pyridine rings is 1. The lowest BCUT2D eigenvalue weighted by atomic mass is 10.1. The van der Waals surface area contributed by atoms with E-state index in [4.69, 9.17) is 25.3 Å². The Hall–Kier alpha value is -3.44. The Bertz CT molecular complexity index is 1220. The van der Waals surface area contributed by atoms with Crippen molar-refractivity contribution in [1.82, 2.24) is 25.2 Å². The fraction of sp³-hybridized carbons (Fsp3) is 0.500. The van der Waals surface area contributed by atoms with Crippen LogP contribution in [-0.2, 0) is 27.4 Å². The van der Waals surface area contributed by atoms with Crippen LogP contribution in [0.2, 0.25) is 0 Å². The molecule has 3 aromatic rings. The molecule has 0 aliphatic rings. The van der Waals surface area contributed by atoms with E-state index in [0.29, 0.717) is 31.1 Å². The fourth-order valence-electron chi connectivity index (χ4n) is 3.84. The second-order valence-corrected chi connectivity index (χ2v) is 9.38. The van der Waals surface area contributed by atoms with Gasteiger partial charge in [0.25, 0.3) is 0 Å². The first kappa shape index (κ1) is 26.2. The Balaban J connectivity index is 1.79. The molecule has 1 aromatic carbocycles. The third-order valence-electron chi connectivity index (χ3n) is 5.53. The number of ether oxygens (including phenoxy) is 2. The number of carbonyl (C=O) groups is 2. The Labute approximate surface area is 204 Å². The Morgan fingerprint density at radius 2 is 1.89 bits per heavy atom. The lowest BCUT2D eigenvalue weighted by molar-refractivity contribution is -0.126. The predicted molar refractivity (Wildman–Crippen MR) is 133 cm³/mol. The second kappa shape index (κ2) is 10.4. The van der Waals surface area contributed by atoms with Crippen LogP contribution < -0.4 is 16.4 Å². The number of carbonyl (C=O) groups excluding carboxylic acids is 1. The molecule has 0 radical (unpaired) electrons. The van der Waals surface area contributed by atoms with E-state index >= 15 is 0 Å². The maximum Gasteiger partial charge on any atom is 0.405 e. The van der Waals surface area contributed by atoms with Crippen molar-refractivity contribution in [3.05, 3.63) is 30.1 Å². The summed E-state index contributed by atoms with van der Waals surface area (Å²) >= 11 is 0. The summed E-state index contributed by atoms with van der Waals surface area (Å²) in [5.74, 6) is 0.641. The van der Waals surface area contributed by atoms with Gasteiger partial charge in [-0.1, -0.05) is 18.2 Å². The molecule has 11 heteroatoms. The summed E-state index contributed by atoms with van der Waals surface area (Å²) in [6.45, 7) is 10.6. The van der Waals surface area contributed by atoms with Gasteiger partial charge in [0.1, 0.15) is 23.5 Å². The maximum atomic E-state index is 12.3. The van der Waals surface area contributed by atoms with Gasteiger partial charge >= 0.3 is 6.09 Å². The Kier molecular flexibility index (Phi) is 7.81. The number of para-hydroxylation sites is 1. The summed E-state index contributed by atoms with van der Waals surface area (Å²) < 4.78 is 13.8. The number of hydrogen-bond acceptors (Lipinski definition) is 7. The van der Waals surface area contributed by atoms with Crippen molar-refractivity contribution in [1.29, 1.82) is 0 Å². The van der Waals surface area contributed by atoms with Crippen LogP contribution in [0.4, 0.5) is 10.6 Å². The molecule has 2 heterocycles. The van der Waals surface area contributed by atoms with E-state index in [-0.39, 0.29) is 13.2 Å². The van der Waals surface area contributed by atoms with Crippen molar-refractivity contribution >= 4 is 39.8 Å². The van der Waals surface area contributed by atoms with Gasteiger partial charge in [0.2, 0.25) is 5.91 Å². The maximum absolute atomic E-state index is 12.3. The standard InChI is InChI=1S/C24H34N6O5/c1-6-34-13-17-28-18-19(15-9-7-8-10-16(15)27-20(18)25)30(17)14-23(2,3)35-12-11-26-21(31)24(4,5)29-22(32)33/h7-10,29H,6,11-14H2,1-5H3,(H2,25,27)(H,26,31)(H,32,33). The lowest BCUT2D eigenvalue weighted by Gasteiger charge is -2.28. The smallest absolute Gasteiger partial charge is 0.405 e. The summed E-state index contributed by atoms with van der Waals surface area (Å²) in [4.78, 5) is 32.4. The average Bonchev–Trinajstić information content (AvgIpc) is 3.12. The predicted octanol–water partition coefficient (Wildman–Crippen LogP) is 2.66. The van der Waals surface area contributed by atoms with Gasteiger partial charge in [-0.25, -0.2) is 14.8 Å². The van der Waals surface area contributed by atoms with Crippen LogP contribution in [0.15, 0.2) is 24.3 Å². The summed E-state index contributed by atoms with van der Waals surface area (Å²) in [6.07, 6.45) is -1.26. The molecule has 0 bridgehead atoms. The number of benzene rings is 1. The van der Waals surface area contributed by atoms with Gasteiger partial charge in [0.05, 0.1) is 29.8 Å². The third kappa shape index (κ3) is 6.17. The van der Waals surface area contributed by atoms with E-state index in [9.17, 15) is 9.59 Å². The minimum absolute atomic E-state index is 0.225. The summed E-state index contributed by atoms with van der Waals surface area (Å²) in [7, 11) is 0. The molecule has 0 atom stereocenters. The number of imidazole rings is 1. The van der Waals surface area contributed by atoms with E-state index in [1.165, 1.54) is 13.8 Å². The van der Waals surface area contributed by atoms with Crippen LogP contribution in [0.1, 0.15) is 40.4 Å². The van der Waals surface area contributed by atoms with Crippen LogP contribution in [0.25, 0.3) is 21.9 Å². The molecule has 190 valence electrons. The normalized spacial score (nSPS) is 12.3. The highest BCUT2D eigenvalue weighted by atomic mass is 16.5. The molecule has 0 aliphatic carbocycles. The number of nitrogens with zero attached hydrogens (tertiary/aromatic N) is 3. The number of hydrogen-bond donors (Lipinski definition) is 4. The van der Waals surface area contributed by atoms with Crippen LogP contribution >= 0.6 is 0 Å². The van der Waals surface area contributed by atoms with Gasteiger partial charge in [-0.3, -0.25) is 4.79 Å². The number of fused-ring (bicyclic) bond motifs is 3. The molecule has 0 unspecified atom stereocenters. The largest absolute Gasteiger partial charge is 0.465 e. The zero-order chi connectivity index (χ0) is 25.8. The van der Waals surface area contributed by atoms with E-state index in [1.54, 1.807) is 0 Å². The summed E-state index contributed by atoms with van der Waals surface area (Å²) in [5.41, 5.74) is 6.63. The summed E-state index contributed by atoms with van der Waals surface area (Å²) in [5, 5.41) is 14.7. The second-order valence-electron chi connectivity index (χ2n) is 9.38. The van der Waals surface area contributed by atoms with Crippen LogP contribution in [0, 0.1) is 0 Å². The van der Waals surface area contributed by atoms with Crippen LogP contribution in [-0.4, -0.2) is 62.5 Å². The number of nitrogens with two attached hydrogens (primary N) is 1. The molecular formula is C24H34N6O5. The van der Waals surface area contributed by atoms with E-state index in [2.05, 4.69) is 20.2 Å². The molecule has 0 saturated carbocycles. The molecular weight excluding hydrogens is 452 g/mol. The SMILES string of the molecule is CCOCc1nc2c(N)nc3ccccc3c2n1CC(C)(C)OCCNC(=O)C(C)(C)NC(=O)O. The number of nitrogens with one attached hydrogen (secondary N) is 2. The molecule has 2 amide bonds. The fourth-order valence-corrected chi connectivity index (χ4v) is 3.84. The van der Waals surface area contributed by atoms with E-state index < -0.39 is 23.1 Å². The van der Waals surface area contributed by atoms with E-state index in [1.807, 2.05) is 45.0 Å². The molecule has 2 aromatic heterocycles. The first-order valence-electron chi connectivity index (χ1n) is 11.5. The average molecular weight is 487 g/mol. The van der Waals surface area contributed by atoms with E-state index in [0.717, 1.165) is 22.2 Å². The van der Waals surface area contributed by atoms with Gasteiger partial charge < -0.3 is 35.5 Å². The van der Waals surface area contributed by atoms with Crippen molar-refractivity contribution in [2.24, 2.45) is 0 Å². The topological polar surface area (TPSA) is 154 Å². The highest BCUT2D eigenvalue weighted by molar-refractivity contribution is 6.06. The monoisotopic (exact) mass is 486 g/mol. The minimum atomic E-state index is -1.26. The quantitative estimate of drug-likeness (QED) is 0.302. The van der Waals surface area contributed by atoms with Gasteiger partial charge in [-0.05, 0) is 40.7 Å². The first-order valence-corrected chi connectivity index (χ1v) is 11.5. The molecule has 11 nitrogen and oxygen atoms in total. The van der Waals surface area contributed by atoms with Crippen molar-refractivity contribution in [2.75, 3.05) is 25.5 Å². The number of nitrogen functional groups attached to an aromatic ring is 1. The van der Waals surface area contributed by atoms with Crippen molar-refractivity contribution < 1.29 is 24.2 Å². The lowest BCUT2D eigenvalue weighted by Crippen LogP contribution is -2.55. The molecule has 0 fully saturated rings. The molecule has 0 aliphatic heterocycles. The van der Waals surface area contributed by atoms with Gasteiger partial charge in [0, 0.05) is 18.5 Å². The molecule has 0 spiro atoms. The number of aromatic nitrogens is 3. The first-order chi connectivity index (χ1) is 16.4. The highest BCUT2D eigenvalue weighted by Gasteiger charge is 2.29. The van der Waals surface area contributed by atoms with Crippen LogP contribution in [0.5, 0.6) is 0 Å².